The summed E-state index contributed by atoms with van der Waals surface area (Å²) in [7, 11) is -3.47. The number of benzene rings is 2. The van der Waals surface area contributed by atoms with Crippen molar-refractivity contribution in [1.82, 2.24) is 10.3 Å². The molecule has 2 aromatic carbocycles. The highest BCUT2D eigenvalue weighted by molar-refractivity contribution is 7.90. The van der Waals surface area contributed by atoms with Crippen LogP contribution < -0.4 is 5.32 Å². The second-order valence-corrected chi connectivity index (χ2v) is 8.24. The Bertz CT molecular complexity index is 1120. The fourth-order valence-corrected chi connectivity index (χ4v) is 3.50. The number of carbonyl (C=O) groups is 2. The number of sulfone groups is 1. The van der Waals surface area contributed by atoms with Gasteiger partial charge in [-0.2, -0.15) is 0 Å². The van der Waals surface area contributed by atoms with Crippen molar-refractivity contribution in [3.8, 4) is 0 Å². The summed E-state index contributed by atoms with van der Waals surface area (Å²) in [5, 5.41) is 12.9. The van der Waals surface area contributed by atoms with Crippen LogP contribution in [0, 0.1) is 0 Å². The molecule has 3 aromatic rings. The summed E-state index contributed by atoms with van der Waals surface area (Å²) < 4.78 is 23.3. The molecule has 3 N–H and O–H groups in total. The maximum Gasteiger partial charge on any atom is 0.326 e. The van der Waals surface area contributed by atoms with Gasteiger partial charge in [0.15, 0.2) is 9.84 Å². The van der Waals surface area contributed by atoms with Gasteiger partial charge in [0.1, 0.15) is 6.04 Å². The van der Waals surface area contributed by atoms with E-state index in [9.17, 15) is 23.1 Å². The molecule has 8 heteroatoms. The Labute approximate surface area is 155 Å². The van der Waals surface area contributed by atoms with Crippen LogP contribution in [0.2, 0.25) is 0 Å². The highest BCUT2D eigenvalue weighted by atomic mass is 32.2. The van der Waals surface area contributed by atoms with Gasteiger partial charge in [-0.3, -0.25) is 4.79 Å². The van der Waals surface area contributed by atoms with E-state index in [4.69, 9.17) is 0 Å². The fraction of sp³-hybridized carbons (Fsp3) is 0.158. The van der Waals surface area contributed by atoms with Gasteiger partial charge in [-0.25, -0.2) is 13.2 Å². The molecule has 0 saturated carbocycles. The minimum atomic E-state index is -3.47. The molecule has 0 aliphatic rings. The van der Waals surface area contributed by atoms with E-state index in [0.29, 0.717) is 0 Å². The van der Waals surface area contributed by atoms with Crippen molar-refractivity contribution in [2.75, 3.05) is 6.26 Å². The molecule has 0 saturated heterocycles. The van der Waals surface area contributed by atoms with E-state index in [1.54, 1.807) is 6.20 Å². The molecule has 3 rings (SSSR count). The van der Waals surface area contributed by atoms with E-state index in [1.807, 2.05) is 24.3 Å². The van der Waals surface area contributed by atoms with Gasteiger partial charge in [-0.05, 0) is 29.8 Å². The van der Waals surface area contributed by atoms with Crippen LogP contribution in [-0.2, 0) is 21.1 Å². The summed E-state index contributed by atoms with van der Waals surface area (Å²) in [6.45, 7) is 0. The smallest absolute Gasteiger partial charge is 0.326 e. The number of carboxylic acids is 1. The Kier molecular flexibility index (Phi) is 5.00. The molecule has 0 spiro atoms. The van der Waals surface area contributed by atoms with E-state index >= 15 is 0 Å². The molecule has 0 bridgehead atoms. The molecule has 1 amide bonds. The standard InChI is InChI=1S/C19H18N2O5S/c1-27(25,26)14-6-4-5-12(9-14)18(22)21-17(19(23)24)10-13-11-20-16-8-3-2-7-15(13)16/h2-9,11,17,20H,10H2,1H3,(H,21,22)(H,23,24)/t17-/m0/s1. The SMILES string of the molecule is CS(=O)(=O)c1cccc(C(=O)N[C@@H](Cc2c[nH]c3ccccc23)C(=O)O)c1. The Morgan fingerprint density at radius 2 is 1.89 bits per heavy atom. The molecular weight excluding hydrogens is 368 g/mol. The van der Waals surface area contributed by atoms with Crippen molar-refractivity contribution in [3.05, 3.63) is 65.9 Å². The Balaban J connectivity index is 1.82. The first kappa shape index (κ1) is 18.7. The van der Waals surface area contributed by atoms with Crippen LogP contribution in [0.1, 0.15) is 15.9 Å². The topological polar surface area (TPSA) is 116 Å². The highest BCUT2D eigenvalue weighted by Gasteiger charge is 2.23. The van der Waals surface area contributed by atoms with E-state index in [0.717, 1.165) is 22.7 Å². The number of nitrogens with one attached hydrogen (secondary N) is 2. The third-order valence-electron chi connectivity index (χ3n) is 4.23. The molecule has 0 radical (unpaired) electrons. The summed E-state index contributed by atoms with van der Waals surface area (Å²) in [6, 6.07) is 11.8. The van der Waals surface area contributed by atoms with Gasteiger partial charge in [-0.15, -0.1) is 0 Å². The predicted molar refractivity (Wildman–Crippen MR) is 100 cm³/mol. The number of fused-ring (bicyclic) bond motifs is 1. The molecule has 0 unspecified atom stereocenters. The van der Waals surface area contributed by atoms with Crippen LogP contribution in [0.3, 0.4) is 0 Å². The number of aromatic amines is 1. The molecule has 0 aliphatic heterocycles. The highest BCUT2D eigenvalue weighted by Crippen LogP contribution is 2.19. The van der Waals surface area contributed by atoms with Crippen molar-refractivity contribution >= 4 is 32.6 Å². The molecule has 1 heterocycles. The normalized spacial score (nSPS) is 12.6. The lowest BCUT2D eigenvalue weighted by molar-refractivity contribution is -0.139. The number of hydrogen-bond donors (Lipinski definition) is 3. The number of para-hydroxylation sites is 1. The van der Waals surface area contributed by atoms with E-state index in [1.165, 1.54) is 24.3 Å². The van der Waals surface area contributed by atoms with Crippen molar-refractivity contribution in [2.24, 2.45) is 0 Å². The minimum Gasteiger partial charge on any atom is -0.480 e. The molecule has 0 aliphatic carbocycles. The van der Waals surface area contributed by atoms with Crippen LogP contribution >= 0.6 is 0 Å². The first-order valence-electron chi connectivity index (χ1n) is 8.14. The number of aliphatic carboxylic acids is 1. The summed E-state index contributed by atoms with van der Waals surface area (Å²) in [5.41, 5.74) is 1.73. The third kappa shape index (κ3) is 4.17. The number of aromatic nitrogens is 1. The third-order valence-corrected chi connectivity index (χ3v) is 5.34. The van der Waals surface area contributed by atoms with E-state index in [-0.39, 0.29) is 16.9 Å². The lowest BCUT2D eigenvalue weighted by atomic mass is 10.0. The largest absolute Gasteiger partial charge is 0.480 e. The number of hydrogen-bond acceptors (Lipinski definition) is 4. The van der Waals surface area contributed by atoms with Crippen molar-refractivity contribution in [1.29, 1.82) is 0 Å². The maximum atomic E-state index is 12.5. The van der Waals surface area contributed by atoms with E-state index < -0.39 is 27.8 Å². The maximum absolute atomic E-state index is 12.5. The van der Waals surface area contributed by atoms with Gasteiger partial charge >= 0.3 is 5.97 Å². The van der Waals surface area contributed by atoms with Crippen LogP contribution in [0.4, 0.5) is 0 Å². The van der Waals surface area contributed by atoms with Crippen LogP contribution in [0.15, 0.2) is 59.6 Å². The summed E-state index contributed by atoms with van der Waals surface area (Å²) >= 11 is 0. The monoisotopic (exact) mass is 386 g/mol. The van der Waals surface area contributed by atoms with Crippen molar-refractivity contribution in [2.45, 2.75) is 17.4 Å². The summed E-state index contributed by atoms with van der Waals surface area (Å²) in [5.74, 6) is -1.82. The van der Waals surface area contributed by atoms with Gasteiger partial charge < -0.3 is 15.4 Å². The number of carboxylic acid groups (broad SMARTS) is 1. The first-order chi connectivity index (χ1) is 12.8. The molecule has 27 heavy (non-hydrogen) atoms. The summed E-state index contributed by atoms with van der Waals surface area (Å²) in [6.07, 6.45) is 2.86. The molecular formula is C19H18N2O5S. The Morgan fingerprint density at radius 3 is 2.59 bits per heavy atom. The zero-order chi connectivity index (χ0) is 19.6. The average Bonchev–Trinajstić information content (AvgIpc) is 3.03. The van der Waals surface area contributed by atoms with Crippen molar-refractivity contribution in [3.63, 3.8) is 0 Å². The van der Waals surface area contributed by atoms with Gasteiger partial charge in [0.25, 0.3) is 5.91 Å². The number of amides is 1. The number of carbonyl (C=O) groups excluding carboxylic acids is 1. The Morgan fingerprint density at radius 1 is 1.15 bits per heavy atom. The predicted octanol–water partition coefficient (Wildman–Crippen LogP) is 2.00. The van der Waals surface area contributed by atoms with Gasteiger partial charge in [0, 0.05) is 35.3 Å². The molecule has 140 valence electrons. The first-order valence-corrected chi connectivity index (χ1v) is 10.0. The van der Waals surface area contributed by atoms with Crippen LogP contribution in [0.5, 0.6) is 0 Å². The number of H-pyrrole nitrogens is 1. The van der Waals surface area contributed by atoms with E-state index in [2.05, 4.69) is 10.3 Å². The molecule has 1 aromatic heterocycles. The van der Waals surface area contributed by atoms with Crippen molar-refractivity contribution < 1.29 is 23.1 Å². The minimum absolute atomic E-state index is 0.00125. The second kappa shape index (κ2) is 7.24. The molecule has 0 fully saturated rings. The van der Waals surface area contributed by atoms with Crippen LogP contribution in [0.25, 0.3) is 10.9 Å². The lowest BCUT2D eigenvalue weighted by Gasteiger charge is -2.14. The lowest BCUT2D eigenvalue weighted by Crippen LogP contribution is -2.42. The summed E-state index contributed by atoms with van der Waals surface area (Å²) in [4.78, 5) is 27.2. The quantitative estimate of drug-likeness (QED) is 0.599. The zero-order valence-corrected chi connectivity index (χ0v) is 15.3. The van der Waals surface area contributed by atoms with Crippen LogP contribution in [-0.4, -0.2) is 42.7 Å². The average molecular weight is 386 g/mol. The Hall–Kier alpha value is -3.13. The fourth-order valence-electron chi connectivity index (χ4n) is 2.83. The molecule has 7 nitrogen and oxygen atoms in total. The molecule has 1 atom stereocenters. The van der Waals surface area contributed by atoms with Gasteiger partial charge in [-0.1, -0.05) is 24.3 Å². The van der Waals surface area contributed by atoms with Gasteiger partial charge in [0.05, 0.1) is 4.90 Å². The second-order valence-electron chi connectivity index (χ2n) is 6.23. The number of rotatable bonds is 6. The zero-order valence-electron chi connectivity index (χ0n) is 14.5. The van der Waals surface area contributed by atoms with Gasteiger partial charge in [0.2, 0.25) is 0 Å².